The molecule has 6 heteroatoms. The third-order valence-electron chi connectivity index (χ3n) is 3.70. The lowest BCUT2D eigenvalue weighted by molar-refractivity contribution is 0.100. The number of carbonyl (C=O) groups excluding carboxylic acids is 1. The average molecular weight is 263 g/mol. The van der Waals surface area contributed by atoms with E-state index in [1.165, 1.54) is 6.20 Å². The number of aromatic nitrogens is 1. The Hall–Kier alpha value is -1.82. The molecule has 0 aromatic carbocycles. The highest BCUT2D eigenvalue weighted by Crippen LogP contribution is 2.22. The standard InChI is InChI=1S/C13H21N5O/c1-17(2)9-3-5-18(6-4-9)12-7-10(13(15)19)11(14)8-16-12/h7-9H,3-6,14H2,1-2H3,(H2,15,19). The van der Waals surface area contributed by atoms with E-state index < -0.39 is 5.91 Å². The predicted octanol–water partition coefficient (Wildman–Crippen LogP) is 0.293. The Labute approximate surface area is 113 Å². The lowest BCUT2D eigenvalue weighted by atomic mass is 10.0. The van der Waals surface area contributed by atoms with Crippen molar-refractivity contribution in [1.29, 1.82) is 0 Å². The summed E-state index contributed by atoms with van der Waals surface area (Å²) in [6.45, 7) is 1.86. The number of rotatable bonds is 3. The molecular formula is C13H21N5O. The van der Waals surface area contributed by atoms with Gasteiger partial charge in [0.15, 0.2) is 0 Å². The second-order valence-electron chi connectivity index (χ2n) is 5.18. The topological polar surface area (TPSA) is 88.5 Å². The van der Waals surface area contributed by atoms with Crippen molar-refractivity contribution in [3.8, 4) is 0 Å². The summed E-state index contributed by atoms with van der Waals surface area (Å²) in [5, 5.41) is 0. The van der Waals surface area contributed by atoms with E-state index in [9.17, 15) is 4.79 Å². The molecular weight excluding hydrogens is 242 g/mol. The monoisotopic (exact) mass is 263 g/mol. The molecule has 0 unspecified atom stereocenters. The van der Waals surface area contributed by atoms with Crippen LogP contribution in [-0.4, -0.2) is 49.0 Å². The van der Waals surface area contributed by atoms with Crippen molar-refractivity contribution in [2.45, 2.75) is 18.9 Å². The van der Waals surface area contributed by atoms with Gasteiger partial charge in [-0.3, -0.25) is 4.79 Å². The second kappa shape index (κ2) is 5.44. The summed E-state index contributed by atoms with van der Waals surface area (Å²) in [7, 11) is 4.21. The van der Waals surface area contributed by atoms with Crippen LogP contribution in [0, 0.1) is 0 Å². The molecule has 1 aliphatic rings. The van der Waals surface area contributed by atoms with E-state index in [1.54, 1.807) is 6.07 Å². The maximum atomic E-state index is 11.3. The molecule has 0 radical (unpaired) electrons. The highest BCUT2D eigenvalue weighted by Gasteiger charge is 2.22. The Balaban J connectivity index is 2.12. The molecule has 0 spiro atoms. The lowest BCUT2D eigenvalue weighted by Gasteiger charge is -2.35. The van der Waals surface area contributed by atoms with Gasteiger partial charge < -0.3 is 21.3 Å². The van der Waals surface area contributed by atoms with Gasteiger partial charge in [0.05, 0.1) is 17.4 Å². The summed E-state index contributed by atoms with van der Waals surface area (Å²) in [5.74, 6) is 0.268. The molecule has 1 aliphatic heterocycles. The maximum Gasteiger partial charge on any atom is 0.250 e. The van der Waals surface area contributed by atoms with Crippen molar-refractivity contribution >= 4 is 17.4 Å². The number of nitrogen functional groups attached to an aromatic ring is 1. The summed E-state index contributed by atoms with van der Waals surface area (Å²) in [6, 6.07) is 2.30. The van der Waals surface area contributed by atoms with Gasteiger partial charge in [0.25, 0.3) is 5.91 Å². The van der Waals surface area contributed by atoms with E-state index in [1.807, 2.05) is 0 Å². The van der Waals surface area contributed by atoms with Gasteiger partial charge in [-0.25, -0.2) is 4.98 Å². The molecule has 1 aromatic rings. The Bertz CT molecular complexity index is 466. The zero-order valence-corrected chi connectivity index (χ0v) is 11.5. The molecule has 4 N–H and O–H groups in total. The van der Waals surface area contributed by atoms with Gasteiger partial charge in [-0.05, 0) is 33.0 Å². The molecule has 2 rings (SSSR count). The number of hydrogen-bond acceptors (Lipinski definition) is 5. The summed E-state index contributed by atoms with van der Waals surface area (Å²) >= 11 is 0. The van der Waals surface area contributed by atoms with Crippen LogP contribution in [0.15, 0.2) is 12.3 Å². The summed E-state index contributed by atoms with van der Waals surface area (Å²) in [6.07, 6.45) is 3.68. The SMILES string of the molecule is CN(C)C1CCN(c2cc(C(N)=O)c(N)cn2)CC1. The summed E-state index contributed by atoms with van der Waals surface area (Å²) in [5.41, 5.74) is 11.7. The van der Waals surface area contributed by atoms with Gasteiger partial charge in [0, 0.05) is 19.1 Å². The molecule has 1 fully saturated rings. The van der Waals surface area contributed by atoms with Crippen LogP contribution in [0.4, 0.5) is 11.5 Å². The van der Waals surface area contributed by atoms with Crippen LogP contribution in [-0.2, 0) is 0 Å². The molecule has 0 aliphatic carbocycles. The van der Waals surface area contributed by atoms with Crippen molar-refractivity contribution in [2.75, 3.05) is 37.8 Å². The minimum absolute atomic E-state index is 0.333. The van der Waals surface area contributed by atoms with Crippen molar-refractivity contribution in [3.63, 3.8) is 0 Å². The van der Waals surface area contributed by atoms with Crippen LogP contribution in [0.25, 0.3) is 0 Å². The number of amides is 1. The number of piperidine rings is 1. The number of carbonyl (C=O) groups is 1. The van der Waals surface area contributed by atoms with Crippen LogP contribution in [0.3, 0.4) is 0 Å². The molecule has 1 aromatic heterocycles. The quantitative estimate of drug-likeness (QED) is 0.818. The Kier molecular flexibility index (Phi) is 3.90. The van der Waals surface area contributed by atoms with Crippen molar-refractivity contribution in [2.24, 2.45) is 5.73 Å². The van der Waals surface area contributed by atoms with Gasteiger partial charge in [0.2, 0.25) is 0 Å². The van der Waals surface area contributed by atoms with E-state index in [-0.39, 0.29) is 0 Å². The van der Waals surface area contributed by atoms with E-state index in [0.717, 1.165) is 31.7 Å². The molecule has 104 valence electrons. The van der Waals surface area contributed by atoms with E-state index in [4.69, 9.17) is 11.5 Å². The number of pyridine rings is 1. The average Bonchev–Trinajstić information content (AvgIpc) is 2.39. The van der Waals surface area contributed by atoms with Crippen LogP contribution >= 0.6 is 0 Å². The molecule has 6 nitrogen and oxygen atoms in total. The fourth-order valence-electron chi connectivity index (χ4n) is 2.45. The first-order valence-corrected chi connectivity index (χ1v) is 6.45. The number of hydrogen-bond donors (Lipinski definition) is 2. The van der Waals surface area contributed by atoms with Crippen molar-refractivity contribution in [1.82, 2.24) is 9.88 Å². The van der Waals surface area contributed by atoms with Crippen LogP contribution in [0.5, 0.6) is 0 Å². The maximum absolute atomic E-state index is 11.3. The number of primary amides is 1. The number of nitrogens with zero attached hydrogens (tertiary/aromatic N) is 3. The van der Waals surface area contributed by atoms with Crippen molar-refractivity contribution < 1.29 is 4.79 Å². The normalized spacial score (nSPS) is 16.9. The van der Waals surface area contributed by atoms with Gasteiger partial charge in [-0.15, -0.1) is 0 Å². The number of anilines is 2. The Morgan fingerprint density at radius 1 is 1.42 bits per heavy atom. The first-order chi connectivity index (χ1) is 8.99. The largest absolute Gasteiger partial charge is 0.397 e. The lowest BCUT2D eigenvalue weighted by Crippen LogP contribution is -2.42. The number of nitrogens with two attached hydrogens (primary N) is 2. The van der Waals surface area contributed by atoms with Crippen LogP contribution in [0.1, 0.15) is 23.2 Å². The summed E-state index contributed by atoms with van der Waals surface area (Å²) in [4.78, 5) is 20.0. The minimum Gasteiger partial charge on any atom is -0.397 e. The Morgan fingerprint density at radius 3 is 2.58 bits per heavy atom. The third kappa shape index (κ3) is 2.96. The van der Waals surface area contributed by atoms with E-state index in [2.05, 4.69) is 28.9 Å². The van der Waals surface area contributed by atoms with Gasteiger partial charge in [-0.1, -0.05) is 0 Å². The highest BCUT2D eigenvalue weighted by molar-refractivity contribution is 5.98. The fourth-order valence-corrected chi connectivity index (χ4v) is 2.45. The van der Waals surface area contributed by atoms with Gasteiger partial charge >= 0.3 is 0 Å². The van der Waals surface area contributed by atoms with Crippen LogP contribution in [0.2, 0.25) is 0 Å². The zero-order chi connectivity index (χ0) is 14.0. The first-order valence-electron chi connectivity index (χ1n) is 6.45. The van der Waals surface area contributed by atoms with Gasteiger partial charge in [-0.2, -0.15) is 0 Å². The minimum atomic E-state index is -0.510. The molecule has 0 atom stereocenters. The molecule has 2 heterocycles. The fraction of sp³-hybridized carbons (Fsp3) is 0.538. The summed E-state index contributed by atoms with van der Waals surface area (Å²) < 4.78 is 0. The molecule has 0 saturated carbocycles. The Morgan fingerprint density at radius 2 is 2.05 bits per heavy atom. The van der Waals surface area contributed by atoms with E-state index >= 15 is 0 Å². The second-order valence-corrected chi connectivity index (χ2v) is 5.18. The predicted molar refractivity (Wildman–Crippen MR) is 76.1 cm³/mol. The first kappa shape index (κ1) is 13.6. The third-order valence-corrected chi connectivity index (χ3v) is 3.70. The highest BCUT2D eigenvalue weighted by atomic mass is 16.1. The molecule has 19 heavy (non-hydrogen) atoms. The van der Waals surface area contributed by atoms with Crippen molar-refractivity contribution in [3.05, 3.63) is 17.8 Å². The molecule has 1 amide bonds. The molecule has 0 bridgehead atoms. The van der Waals surface area contributed by atoms with E-state index in [0.29, 0.717) is 17.3 Å². The van der Waals surface area contributed by atoms with Gasteiger partial charge in [0.1, 0.15) is 5.82 Å². The molecule has 1 saturated heterocycles. The zero-order valence-electron chi connectivity index (χ0n) is 11.5. The smallest absolute Gasteiger partial charge is 0.250 e. The van der Waals surface area contributed by atoms with Crippen LogP contribution < -0.4 is 16.4 Å².